The summed E-state index contributed by atoms with van der Waals surface area (Å²) in [6.45, 7) is 2.83. The quantitative estimate of drug-likeness (QED) is 0.740. The molecular weight excluding hydrogens is 330 g/mol. The molecule has 1 amide bonds. The molecule has 0 radical (unpaired) electrons. The van der Waals surface area contributed by atoms with Crippen LogP contribution in [0.15, 0.2) is 35.8 Å². The van der Waals surface area contributed by atoms with Crippen molar-refractivity contribution in [2.24, 2.45) is 5.92 Å². The van der Waals surface area contributed by atoms with E-state index in [2.05, 4.69) is 41.5 Å². The maximum Gasteiger partial charge on any atom is 0.272 e. The van der Waals surface area contributed by atoms with Gasteiger partial charge in [0, 0.05) is 23.7 Å². The molecule has 0 aliphatic heterocycles. The molecule has 0 bridgehead atoms. The molecule has 1 aliphatic carbocycles. The van der Waals surface area contributed by atoms with Crippen molar-refractivity contribution in [3.8, 4) is 11.3 Å². The predicted molar refractivity (Wildman–Crippen MR) is 102 cm³/mol. The van der Waals surface area contributed by atoms with E-state index in [1.807, 2.05) is 16.0 Å². The monoisotopic (exact) mass is 353 g/mol. The molecule has 3 aromatic rings. The number of benzene rings is 1. The SMILES string of the molecule is Cc1ccc(-c2c(C(=O)NCC3CCCCC3)nc3sccn23)cc1. The van der Waals surface area contributed by atoms with Crippen molar-refractivity contribution in [3.05, 3.63) is 47.1 Å². The highest BCUT2D eigenvalue weighted by molar-refractivity contribution is 7.15. The zero-order valence-corrected chi connectivity index (χ0v) is 15.3. The van der Waals surface area contributed by atoms with Gasteiger partial charge in [-0.3, -0.25) is 9.20 Å². The number of thiazole rings is 1. The van der Waals surface area contributed by atoms with Crippen LogP contribution in [0, 0.1) is 12.8 Å². The molecule has 1 aromatic carbocycles. The molecule has 1 N–H and O–H groups in total. The summed E-state index contributed by atoms with van der Waals surface area (Å²) in [4.78, 5) is 18.3. The molecule has 1 fully saturated rings. The number of aromatic nitrogens is 2. The summed E-state index contributed by atoms with van der Waals surface area (Å²) in [5.41, 5.74) is 3.65. The molecule has 0 saturated heterocycles. The fourth-order valence-electron chi connectivity index (χ4n) is 3.64. The van der Waals surface area contributed by atoms with Crippen molar-refractivity contribution in [1.29, 1.82) is 0 Å². The van der Waals surface area contributed by atoms with E-state index in [0.29, 0.717) is 11.6 Å². The molecule has 130 valence electrons. The van der Waals surface area contributed by atoms with Crippen molar-refractivity contribution in [2.75, 3.05) is 6.54 Å². The fraction of sp³-hybridized carbons (Fsp3) is 0.400. The number of imidazole rings is 1. The van der Waals surface area contributed by atoms with Crippen molar-refractivity contribution in [3.63, 3.8) is 0 Å². The van der Waals surface area contributed by atoms with E-state index in [1.165, 1.54) is 37.7 Å². The van der Waals surface area contributed by atoms with Gasteiger partial charge in [0.25, 0.3) is 5.91 Å². The Morgan fingerprint density at radius 3 is 2.76 bits per heavy atom. The minimum atomic E-state index is -0.0583. The van der Waals surface area contributed by atoms with Crippen LogP contribution in [0.4, 0.5) is 0 Å². The van der Waals surface area contributed by atoms with Crippen molar-refractivity contribution >= 4 is 22.2 Å². The first-order chi connectivity index (χ1) is 12.2. The summed E-state index contributed by atoms with van der Waals surface area (Å²) in [6.07, 6.45) is 8.34. The Labute approximate surface area is 151 Å². The summed E-state index contributed by atoms with van der Waals surface area (Å²) >= 11 is 1.56. The van der Waals surface area contributed by atoms with Gasteiger partial charge in [-0.1, -0.05) is 49.1 Å². The minimum absolute atomic E-state index is 0.0583. The summed E-state index contributed by atoms with van der Waals surface area (Å²) in [7, 11) is 0. The molecule has 0 atom stereocenters. The second-order valence-corrected chi connectivity index (χ2v) is 7.82. The van der Waals surface area contributed by atoms with Gasteiger partial charge in [0.1, 0.15) is 0 Å². The van der Waals surface area contributed by atoms with Crippen LogP contribution < -0.4 is 5.32 Å². The summed E-state index contributed by atoms with van der Waals surface area (Å²) in [5, 5.41) is 5.13. The summed E-state index contributed by atoms with van der Waals surface area (Å²) < 4.78 is 2.02. The minimum Gasteiger partial charge on any atom is -0.350 e. The lowest BCUT2D eigenvalue weighted by Gasteiger charge is -2.21. The first-order valence-electron chi connectivity index (χ1n) is 9.03. The van der Waals surface area contributed by atoms with Gasteiger partial charge in [0.15, 0.2) is 10.7 Å². The second kappa shape index (κ2) is 7.00. The van der Waals surface area contributed by atoms with Crippen LogP contribution in [0.5, 0.6) is 0 Å². The van der Waals surface area contributed by atoms with Gasteiger partial charge in [-0.15, -0.1) is 11.3 Å². The third kappa shape index (κ3) is 3.33. The highest BCUT2D eigenvalue weighted by atomic mass is 32.1. The molecule has 0 unspecified atom stereocenters. The van der Waals surface area contributed by atoms with Crippen LogP contribution in [-0.4, -0.2) is 21.8 Å². The smallest absolute Gasteiger partial charge is 0.272 e. The third-order valence-electron chi connectivity index (χ3n) is 5.08. The van der Waals surface area contributed by atoms with Gasteiger partial charge >= 0.3 is 0 Å². The average molecular weight is 353 g/mol. The normalized spacial score (nSPS) is 15.6. The van der Waals surface area contributed by atoms with Gasteiger partial charge in [-0.2, -0.15) is 0 Å². The van der Waals surface area contributed by atoms with Crippen LogP contribution in [0.2, 0.25) is 0 Å². The zero-order valence-electron chi connectivity index (χ0n) is 14.5. The average Bonchev–Trinajstić information content (AvgIpc) is 3.22. The van der Waals surface area contributed by atoms with Gasteiger partial charge in [0.05, 0.1) is 5.69 Å². The topological polar surface area (TPSA) is 46.4 Å². The van der Waals surface area contributed by atoms with E-state index in [-0.39, 0.29) is 5.91 Å². The number of carbonyl (C=O) groups excluding carboxylic acids is 1. The molecule has 4 rings (SSSR count). The van der Waals surface area contributed by atoms with Crippen LogP contribution in [0.3, 0.4) is 0 Å². The van der Waals surface area contributed by atoms with E-state index in [0.717, 1.165) is 22.8 Å². The Hall–Kier alpha value is -2.14. The Morgan fingerprint density at radius 2 is 2.00 bits per heavy atom. The molecule has 2 aromatic heterocycles. The maximum absolute atomic E-state index is 12.8. The van der Waals surface area contributed by atoms with Crippen LogP contribution in [0.1, 0.15) is 48.2 Å². The lowest BCUT2D eigenvalue weighted by molar-refractivity contribution is 0.0940. The number of nitrogens with zero attached hydrogens (tertiary/aromatic N) is 2. The number of hydrogen-bond donors (Lipinski definition) is 1. The lowest BCUT2D eigenvalue weighted by atomic mass is 9.89. The number of aryl methyl sites for hydroxylation is 1. The molecule has 0 spiro atoms. The standard InChI is InChI=1S/C20H23N3OS/c1-14-7-9-16(10-8-14)18-17(22-20-23(18)11-12-25-20)19(24)21-13-15-5-3-2-4-6-15/h7-12,15H,2-6,13H2,1H3,(H,21,24). The van der Waals surface area contributed by atoms with Gasteiger partial charge in [0.2, 0.25) is 0 Å². The highest BCUT2D eigenvalue weighted by Crippen LogP contribution is 2.28. The van der Waals surface area contributed by atoms with E-state index >= 15 is 0 Å². The predicted octanol–water partition coefficient (Wildman–Crippen LogP) is 4.68. The molecular formula is C20H23N3OS. The first kappa shape index (κ1) is 16.3. The Bertz CT molecular complexity index is 872. The molecule has 4 nitrogen and oxygen atoms in total. The number of nitrogens with one attached hydrogen (secondary N) is 1. The van der Waals surface area contributed by atoms with Gasteiger partial charge in [-0.25, -0.2) is 4.98 Å². The zero-order chi connectivity index (χ0) is 17.2. The number of rotatable bonds is 4. The Balaban J connectivity index is 1.62. The molecule has 1 saturated carbocycles. The van der Waals surface area contributed by atoms with Crippen LogP contribution in [0.25, 0.3) is 16.2 Å². The lowest BCUT2D eigenvalue weighted by Crippen LogP contribution is -2.30. The largest absolute Gasteiger partial charge is 0.350 e. The van der Waals surface area contributed by atoms with E-state index < -0.39 is 0 Å². The maximum atomic E-state index is 12.8. The van der Waals surface area contributed by atoms with E-state index in [4.69, 9.17) is 0 Å². The number of amides is 1. The summed E-state index contributed by atoms with van der Waals surface area (Å²) in [6, 6.07) is 8.28. The molecule has 5 heteroatoms. The summed E-state index contributed by atoms with van der Waals surface area (Å²) in [5.74, 6) is 0.557. The number of hydrogen-bond acceptors (Lipinski definition) is 3. The molecule has 1 aliphatic rings. The highest BCUT2D eigenvalue weighted by Gasteiger charge is 2.22. The van der Waals surface area contributed by atoms with Crippen LogP contribution in [-0.2, 0) is 0 Å². The van der Waals surface area contributed by atoms with Crippen LogP contribution >= 0.6 is 11.3 Å². The van der Waals surface area contributed by atoms with Crippen molar-refractivity contribution in [1.82, 2.24) is 14.7 Å². The van der Waals surface area contributed by atoms with Crippen molar-refractivity contribution in [2.45, 2.75) is 39.0 Å². The Kier molecular flexibility index (Phi) is 4.57. The Morgan fingerprint density at radius 1 is 1.24 bits per heavy atom. The third-order valence-corrected chi connectivity index (χ3v) is 5.83. The number of carbonyl (C=O) groups is 1. The fourth-order valence-corrected chi connectivity index (χ4v) is 4.36. The number of fused-ring (bicyclic) bond motifs is 1. The second-order valence-electron chi connectivity index (χ2n) is 6.94. The van der Waals surface area contributed by atoms with Gasteiger partial charge in [-0.05, 0) is 25.7 Å². The van der Waals surface area contributed by atoms with E-state index in [9.17, 15) is 4.79 Å². The van der Waals surface area contributed by atoms with E-state index in [1.54, 1.807) is 11.3 Å². The molecule has 2 heterocycles. The molecule has 25 heavy (non-hydrogen) atoms. The first-order valence-corrected chi connectivity index (χ1v) is 9.91. The van der Waals surface area contributed by atoms with Gasteiger partial charge < -0.3 is 5.32 Å². The van der Waals surface area contributed by atoms with Crippen molar-refractivity contribution < 1.29 is 4.79 Å².